The van der Waals surface area contributed by atoms with Gasteiger partial charge in [-0.15, -0.1) is 23.1 Å². The number of nitrogens with one attached hydrogen (secondary N) is 2. The lowest BCUT2D eigenvalue weighted by atomic mass is 10.0. The van der Waals surface area contributed by atoms with Gasteiger partial charge in [-0.25, -0.2) is 9.36 Å². The summed E-state index contributed by atoms with van der Waals surface area (Å²) >= 11 is 2.58. The molecule has 0 aliphatic carbocycles. The molecule has 0 radical (unpaired) electrons. The van der Waals surface area contributed by atoms with Gasteiger partial charge in [-0.2, -0.15) is 5.26 Å². The molecule has 276 valence electrons. The summed E-state index contributed by atoms with van der Waals surface area (Å²) in [5.41, 5.74) is 1.99. The van der Waals surface area contributed by atoms with E-state index in [1.165, 1.54) is 35.1 Å². The zero-order valence-corrected chi connectivity index (χ0v) is 31.2. The van der Waals surface area contributed by atoms with Crippen LogP contribution in [-0.2, 0) is 46.6 Å². The maximum absolute atomic E-state index is 13.8. The van der Waals surface area contributed by atoms with E-state index in [2.05, 4.69) is 15.8 Å². The summed E-state index contributed by atoms with van der Waals surface area (Å²) in [6, 6.07) is 11.4. The van der Waals surface area contributed by atoms with Crippen LogP contribution < -0.4 is 19.9 Å². The molecule has 3 aromatic rings. The number of amides is 3. The number of hydrogen-bond acceptors (Lipinski definition) is 13. The first-order chi connectivity index (χ1) is 25.3. The Morgan fingerprint density at radius 1 is 1.08 bits per heavy atom. The molecule has 2 aromatic heterocycles. The Morgan fingerprint density at radius 3 is 2.43 bits per heavy atom. The molecular formula is C36H37N6O9S2+. The standard InChI is InChI=1S/C36H36N6O9S2/c1-36(2,3)51-28(43)15-26(40-49-5)31(44)39-29-33(46)42-30(35(47)50-17-21-6-8-25(48-4)9-7-21)24(19-53-34(29)42)16-41-12-10-22(11-13-41)23-14-27(52-18-23)32(45)38-20-37/h6-14,18,29,34H,15-17,19H2,1-5H3,(H-,38,39,44,45)/p+1. The number of aromatic nitrogens is 1. The Hall–Kier alpha value is -5.73. The third-order valence-corrected chi connectivity index (χ3v) is 10.1. The maximum atomic E-state index is 13.8. The number of thiophene rings is 1. The first-order valence-electron chi connectivity index (χ1n) is 16.2. The molecule has 1 fully saturated rings. The monoisotopic (exact) mass is 761 g/mol. The lowest BCUT2D eigenvalue weighted by molar-refractivity contribution is -0.689. The van der Waals surface area contributed by atoms with Crippen molar-refractivity contribution in [3.05, 3.63) is 81.9 Å². The number of hydrogen-bond donors (Lipinski definition) is 2. The number of carbonyl (C=O) groups excluding carboxylic acids is 5. The second-order valence-corrected chi connectivity index (χ2v) is 14.8. The number of ether oxygens (including phenoxy) is 3. The Balaban J connectivity index is 1.35. The highest BCUT2D eigenvalue weighted by Crippen LogP contribution is 2.41. The molecule has 1 aromatic carbocycles. The number of β-lactam (4-membered cyclic amide) rings is 1. The molecule has 0 bridgehead atoms. The number of rotatable bonds is 13. The number of carbonyl (C=O) groups is 5. The highest BCUT2D eigenvalue weighted by Gasteiger charge is 2.55. The van der Waals surface area contributed by atoms with Crippen LogP contribution in [0.15, 0.2) is 76.7 Å². The van der Waals surface area contributed by atoms with Crippen LogP contribution in [0.5, 0.6) is 5.75 Å². The van der Waals surface area contributed by atoms with Gasteiger partial charge in [-0.05, 0) is 61.0 Å². The van der Waals surface area contributed by atoms with Crippen molar-refractivity contribution in [1.29, 1.82) is 5.26 Å². The van der Waals surface area contributed by atoms with Crippen molar-refractivity contribution in [1.82, 2.24) is 15.5 Å². The molecule has 15 nitrogen and oxygen atoms in total. The molecule has 2 atom stereocenters. The van der Waals surface area contributed by atoms with Crippen LogP contribution in [0.3, 0.4) is 0 Å². The third kappa shape index (κ3) is 9.39. The van der Waals surface area contributed by atoms with E-state index >= 15 is 0 Å². The fourth-order valence-electron chi connectivity index (χ4n) is 5.43. The highest BCUT2D eigenvalue weighted by molar-refractivity contribution is 8.00. The predicted molar refractivity (Wildman–Crippen MR) is 193 cm³/mol. The van der Waals surface area contributed by atoms with E-state index in [4.69, 9.17) is 24.3 Å². The number of methoxy groups -OCH3 is 1. The molecule has 2 N–H and O–H groups in total. The van der Waals surface area contributed by atoms with Crippen LogP contribution >= 0.6 is 23.1 Å². The number of esters is 2. The number of fused-ring (bicyclic) bond motifs is 1. The van der Waals surface area contributed by atoms with Gasteiger partial charge in [0.15, 0.2) is 30.8 Å². The van der Waals surface area contributed by atoms with Crippen molar-refractivity contribution in [3.8, 4) is 23.1 Å². The number of pyridine rings is 1. The molecule has 5 rings (SSSR count). The number of oxime groups is 1. The van der Waals surface area contributed by atoms with Crippen LogP contribution in [0.1, 0.15) is 42.4 Å². The van der Waals surface area contributed by atoms with Crippen molar-refractivity contribution < 1.29 is 47.6 Å². The van der Waals surface area contributed by atoms with Gasteiger partial charge in [-0.3, -0.25) is 29.4 Å². The lowest BCUT2D eigenvalue weighted by Gasteiger charge is -2.49. The van der Waals surface area contributed by atoms with Gasteiger partial charge in [0.25, 0.3) is 17.7 Å². The van der Waals surface area contributed by atoms with Gasteiger partial charge in [0, 0.05) is 23.5 Å². The Kier molecular flexibility index (Phi) is 12.2. The van der Waals surface area contributed by atoms with Gasteiger partial charge in [0.1, 0.15) is 42.2 Å². The topological polar surface area (TPSA) is 190 Å². The number of nitrogens with zero attached hydrogens (tertiary/aromatic N) is 4. The summed E-state index contributed by atoms with van der Waals surface area (Å²) in [5, 5.41) is 18.4. The minimum absolute atomic E-state index is 0.0576. The average molecular weight is 762 g/mol. The highest BCUT2D eigenvalue weighted by atomic mass is 32.2. The van der Waals surface area contributed by atoms with E-state index in [1.54, 1.807) is 64.4 Å². The van der Waals surface area contributed by atoms with Gasteiger partial charge in [-0.1, -0.05) is 17.3 Å². The maximum Gasteiger partial charge on any atom is 0.355 e. The van der Waals surface area contributed by atoms with Crippen LogP contribution in [0.4, 0.5) is 0 Å². The van der Waals surface area contributed by atoms with Gasteiger partial charge in [0.05, 0.1) is 18.4 Å². The first kappa shape index (κ1) is 38.5. The van der Waals surface area contributed by atoms with Gasteiger partial charge < -0.3 is 24.4 Å². The second-order valence-electron chi connectivity index (χ2n) is 12.7. The third-order valence-electron chi connectivity index (χ3n) is 7.84. The quantitative estimate of drug-likeness (QED) is 0.0496. The molecule has 2 unspecified atom stereocenters. The zero-order valence-electron chi connectivity index (χ0n) is 29.5. The molecule has 1 saturated heterocycles. The molecule has 0 saturated carbocycles. The summed E-state index contributed by atoms with van der Waals surface area (Å²) in [5.74, 6) is -2.21. The van der Waals surface area contributed by atoms with E-state index in [-0.39, 0.29) is 24.6 Å². The summed E-state index contributed by atoms with van der Waals surface area (Å²) < 4.78 is 18.1. The molecule has 17 heteroatoms. The second kappa shape index (κ2) is 16.7. The lowest BCUT2D eigenvalue weighted by Crippen LogP contribution is -2.71. The van der Waals surface area contributed by atoms with E-state index in [0.29, 0.717) is 27.5 Å². The first-order valence-corrected chi connectivity index (χ1v) is 18.1. The zero-order chi connectivity index (χ0) is 38.3. The van der Waals surface area contributed by atoms with Crippen molar-refractivity contribution >= 4 is 58.5 Å². The van der Waals surface area contributed by atoms with Crippen LogP contribution in [0.25, 0.3) is 11.1 Å². The molecule has 0 spiro atoms. The van der Waals surface area contributed by atoms with E-state index in [1.807, 2.05) is 34.5 Å². The molecule has 4 heterocycles. The normalized spacial score (nSPS) is 16.8. The molecule has 53 heavy (non-hydrogen) atoms. The van der Waals surface area contributed by atoms with E-state index in [9.17, 15) is 24.0 Å². The van der Waals surface area contributed by atoms with Crippen LogP contribution in [0.2, 0.25) is 0 Å². The minimum Gasteiger partial charge on any atom is -0.497 e. The van der Waals surface area contributed by atoms with E-state index < -0.39 is 53.1 Å². The Morgan fingerprint density at radius 2 is 1.79 bits per heavy atom. The van der Waals surface area contributed by atoms with E-state index in [0.717, 1.165) is 11.1 Å². The molecule has 2 aliphatic rings. The van der Waals surface area contributed by atoms with Crippen LogP contribution in [0, 0.1) is 11.5 Å². The minimum atomic E-state index is -1.02. The fourth-order valence-corrected chi connectivity index (χ4v) is 7.58. The molecule has 2 aliphatic heterocycles. The Bertz CT molecular complexity index is 2000. The SMILES string of the molecule is CON=C(CC(=O)OC(C)(C)C)C(=O)NC1C(=O)N2C(C(=O)OCc3ccc(OC)cc3)=C(C[n+]3ccc(-c4csc(C(=O)NC#N)c4)cc3)CSC12. The van der Waals surface area contributed by atoms with Gasteiger partial charge in [0.2, 0.25) is 0 Å². The van der Waals surface area contributed by atoms with Gasteiger partial charge >= 0.3 is 11.9 Å². The predicted octanol–water partition coefficient (Wildman–Crippen LogP) is 3.05. The number of thioether (sulfide) groups is 1. The average Bonchev–Trinajstić information content (AvgIpc) is 3.63. The summed E-state index contributed by atoms with van der Waals surface area (Å²) in [4.78, 5) is 71.7. The van der Waals surface area contributed by atoms with Crippen molar-refractivity contribution in [3.63, 3.8) is 0 Å². The summed E-state index contributed by atoms with van der Waals surface area (Å²) in [6.07, 6.45) is 4.78. The molecular weight excluding hydrogens is 725 g/mol. The summed E-state index contributed by atoms with van der Waals surface area (Å²) in [7, 11) is 2.78. The smallest absolute Gasteiger partial charge is 0.355 e. The van der Waals surface area contributed by atoms with Crippen molar-refractivity contribution in [2.45, 2.75) is 57.4 Å². The van der Waals surface area contributed by atoms with Crippen molar-refractivity contribution in [2.75, 3.05) is 20.0 Å². The summed E-state index contributed by atoms with van der Waals surface area (Å²) in [6.45, 7) is 5.26. The van der Waals surface area contributed by atoms with Crippen molar-refractivity contribution in [2.24, 2.45) is 5.16 Å². The number of benzene rings is 1. The number of nitriles is 1. The van der Waals surface area contributed by atoms with Crippen LogP contribution in [-0.4, -0.2) is 77.3 Å². The molecule has 3 amide bonds. The Labute approximate surface area is 313 Å². The fraction of sp³-hybridized carbons (Fsp3) is 0.333. The largest absolute Gasteiger partial charge is 0.497 e.